The first-order chi connectivity index (χ1) is 10.3. The van der Waals surface area contributed by atoms with E-state index in [1.54, 1.807) is 25.1 Å². The number of rotatable bonds is 3. The first kappa shape index (κ1) is 15.9. The zero-order chi connectivity index (χ0) is 16.3. The van der Waals surface area contributed by atoms with E-state index in [1.165, 1.54) is 25.1 Å². The van der Waals surface area contributed by atoms with Crippen LogP contribution < -0.4 is 0 Å². The normalized spacial score (nSPS) is 12.3. The average molecular weight is 306 g/mol. The van der Waals surface area contributed by atoms with Crippen LogP contribution in [0.3, 0.4) is 0 Å². The van der Waals surface area contributed by atoms with Gasteiger partial charge < -0.3 is 0 Å². The van der Waals surface area contributed by atoms with Crippen molar-refractivity contribution < 1.29 is 18.0 Å². The second-order valence-corrected chi connectivity index (χ2v) is 4.68. The second kappa shape index (κ2) is 6.09. The molecule has 2 rings (SSSR count). The third-order valence-electron chi connectivity index (χ3n) is 2.98. The van der Waals surface area contributed by atoms with Crippen molar-refractivity contribution in [3.8, 4) is 0 Å². The first-order valence-corrected chi connectivity index (χ1v) is 6.49. The summed E-state index contributed by atoms with van der Waals surface area (Å²) in [7, 11) is 0. The maximum Gasteiger partial charge on any atom is 0.418 e. The fourth-order valence-corrected chi connectivity index (χ4v) is 1.88. The molecule has 6 heteroatoms. The second-order valence-electron chi connectivity index (χ2n) is 4.68. The topological polar surface area (TPSA) is 42.3 Å². The Bertz CT molecular complexity index is 736. The van der Waals surface area contributed by atoms with Crippen LogP contribution in [0.2, 0.25) is 0 Å². The summed E-state index contributed by atoms with van der Waals surface area (Å²) in [5.41, 5.74) is -0.0692. The zero-order valence-electron chi connectivity index (χ0n) is 12.0. The van der Waals surface area contributed by atoms with Crippen LogP contribution in [0.4, 0.5) is 18.9 Å². The van der Waals surface area contributed by atoms with Crippen molar-refractivity contribution in [1.82, 2.24) is 4.98 Å². The van der Waals surface area contributed by atoms with Gasteiger partial charge in [0.05, 0.1) is 22.7 Å². The van der Waals surface area contributed by atoms with Crippen molar-refractivity contribution in [3.63, 3.8) is 0 Å². The standard InChI is InChI=1S/C16H13F3N2O/c1-10(13-8-5-9-14(21-13)11(2)22)20-15-7-4-3-6-12(15)16(17,18)19/h3-9H,1-2H3/b20-10+. The molecule has 0 amide bonds. The number of nitrogens with zero attached hydrogens (tertiary/aromatic N) is 2. The fourth-order valence-electron chi connectivity index (χ4n) is 1.88. The quantitative estimate of drug-likeness (QED) is 0.621. The number of pyridine rings is 1. The van der Waals surface area contributed by atoms with Gasteiger partial charge in [0.2, 0.25) is 0 Å². The van der Waals surface area contributed by atoms with Crippen LogP contribution in [0.5, 0.6) is 0 Å². The summed E-state index contributed by atoms with van der Waals surface area (Å²) in [5.74, 6) is -0.217. The Morgan fingerprint density at radius 2 is 1.64 bits per heavy atom. The summed E-state index contributed by atoms with van der Waals surface area (Å²) in [4.78, 5) is 19.4. The smallest absolute Gasteiger partial charge is 0.293 e. The Morgan fingerprint density at radius 3 is 2.27 bits per heavy atom. The van der Waals surface area contributed by atoms with E-state index in [0.29, 0.717) is 11.4 Å². The summed E-state index contributed by atoms with van der Waals surface area (Å²) in [6.07, 6.45) is -4.48. The minimum absolute atomic E-state index is 0.178. The molecule has 1 heterocycles. The van der Waals surface area contributed by atoms with E-state index in [-0.39, 0.29) is 17.2 Å². The number of para-hydroxylation sites is 1. The van der Waals surface area contributed by atoms with E-state index in [1.807, 2.05) is 0 Å². The number of Topliss-reactive ketones (excluding diaryl/α,β-unsaturated/α-hetero) is 1. The molecular weight excluding hydrogens is 293 g/mol. The lowest BCUT2D eigenvalue weighted by atomic mass is 10.1. The average Bonchev–Trinajstić information content (AvgIpc) is 2.46. The monoisotopic (exact) mass is 306 g/mol. The first-order valence-electron chi connectivity index (χ1n) is 6.49. The van der Waals surface area contributed by atoms with E-state index in [0.717, 1.165) is 6.07 Å². The summed E-state index contributed by atoms with van der Waals surface area (Å²) in [5, 5.41) is 0. The number of hydrogen-bond donors (Lipinski definition) is 0. The molecule has 0 fully saturated rings. The summed E-state index contributed by atoms with van der Waals surface area (Å²) >= 11 is 0. The molecule has 0 bridgehead atoms. The Hall–Kier alpha value is -2.50. The Morgan fingerprint density at radius 1 is 1.00 bits per heavy atom. The van der Waals surface area contributed by atoms with Crippen LogP contribution >= 0.6 is 0 Å². The molecule has 2 aromatic rings. The van der Waals surface area contributed by atoms with Gasteiger partial charge in [0.1, 0.15) is 5.69 Å². The lowest BCUT2D eigenvalue weighted by molar-refractivity contribution is -0.137. The molecule has 1 aromatic heterocycles. The van der Waals surface area contributed by atoms with Crippen LogP contribution in [-0.4, -0.2) is 16.5 Å². The summed E-state index contributed by atoms with van der Waals surface area (Å²) in [6.45, 7) is 2.93. The van der Waals surface area contributed by atoms with E-state index >= 15 is 0 Å². The van der Waals surface area contributed by atoms with Gasteiger partial charge in [0.15, 0.2) is 5.78 Å². The van der Waals surface area contributed by atoms with Gasteiger partial charge in [-0.25, -0.2) is 4.98 Å². The molecule has 0 aliphatic heterocycles. The van der Waals surface area contributed by atoms with Crippen LogP contribution in [0.1, 0.15) is 35.6 Å². The molecular formula is C16H13F3N2O. The Balaban J connectivity index is 2.46. The van der Waals surface area contributed by atoms with Crippen LogP contribution in [0, 0.1) is 0 Å². The Labute approximate surface area is 125 Å². The molecule has 0 atom stereocenters. The van der Waals surface area contributed by atoms with Gasteiger partial charge in [-0.05, 0) is 31.2 Å². The van der Waals surface area contributed by atoms with Gasteiger partial charge in [-0.2, -0.15) is 13.2 Å². The highest BCUT2D eigenvalue weighted by molar-refractivity contribution is 6.00. The number of hydrogen-bond acceptors (Lipinski definition) is 3. The van der Waals surface area contributed by atoms with E-state index in [9.17, 15) is 18.0 Å². The van der Waals surface area contributed by atoms with E-state index in [4.69, 9.17) is 0 Å². The number of alkyl halides is 3. The van der Waals surface area contributed by atoms with Gasteiger partial charge in [-0.3, -0.25) is 9.79 Å². The molecule has 1 aromatic carbocycles. The predicted molar refractivity (Wildman–Crippen MR) is 77.6 cm³/mol. The molecule has 22 heavy (non-hydrogen) atoms. The molecule has 0 spiro atoms. The maximum absolute atomic E-state index is 12.9. The highest BCUT2D eigenvalue weighted by Gasteiger charge is 2.33. The van der Waals surface area contributed by atoms with Crippen LogP contribution in [0.25, 0.3) is 0 Å². The van der Waals surface area contributed by atoms with Crippen molar-refractivity contribution in [2.45, 2.75) is 20.0 Å². The maximum atomic E-state index is 12.9. The third-order valence-corrected chi connectivity index (χ3v) is 2.98. The van der Waals surface area contributed by atoms with Gasteiger partial charge in [-0.1, -0.05) is 18.2 Å². The number of aromatic nitrogens is 1. The minimum atomic E-state index is -4.48. The number of halogens is 3. The number of benzene rings is 1. The molecule has 0 saturated carbocycles. The lowest BCUT2D eigenvalue weighted by Crippen LogP contribution is -2.07. The molecule has 0 unspecified atom stereocenters. The highest BCUT2D eigenvalue weighted by Crippen LogP contribution is 2.36. The zero-order valence-corrected chi connectivity index (χ0v) is 12.0. The SMILES string of the molecule is CC(=O)c1cccc(/C(C)=N/c2ccccc2C(F)(F)F)n1. The van der Waals surface area contributed by atoms with E-state index in [2.05, 4.69) is 9.98 Å². The molecule has 0 saturated heterocycles. The molecule has 0 N–H and O–H groups in total. The third kappa shape index (κ3) is 3.58. The predicted octanol–water partition coefficient (Wildman–Crippen LogP) is 4.44. The summed E-state index contributed by atoms with van der Waals surface area (Å²) < 4.78 is 38.8. The number of carbonyl (C=O) groups excluding carboxylic acids is 1. The molecule has 114 valence electrons. The van der Waals surface area contributed by atoms with Crippen LogP contribution in [0.15, 0.2) is 47.5 Å². The van der Waals surface area contributed by atoms with Crippen molar-refractivity contribution in [2.75, 3.05) is 0 Å². The van der Waals surface area contributed by atoms with Gasteiger partial charge >= 0.3 is 6.18 Å². The number of ketones is 1. The molecule has 0 radical (unpaired) electrons. The fraction of sp³-hybridized carbons (Fsp3) is 0.188. The molecule has 0 aliphatic rings. The van der Waals surface area contributed by atoms with Crippen LogP contribution in [-0.2, 0) is 6.18 Å². The van der Waals surface area contributed by atoms with Crippen molar-refractivity contribution in [3.05, 3.63) is 59.4 Å². The number of carbonyl (C=O) groups is 1. The van der Waals surface area contributed by atoms with E-state index < -0.39 is 11.7 Å². The number of aliphatic imine (C=N–C) groups is 1. The highest BCUT2D eigenvalue weighted by atomic mass is 19.4. The summed E-state index contributed by atoms with van der Waals surface area (Å²) in [6, 6.07) is 9.83. The van der Waals surface area contributed by atoms with Gasteiger partial charge in [0.25, 0.3) is 0 Å². The van der Waals surface area contributed by atoms with Gasteiger partial charge in [-0.15, -0.1) is 0 Å². The van der Waals surface area contributed by atoms with Crippen molar-refractivity contribution in [2.24, 2.45) is 4.99 Å². The minimum Gasteiger partial charge on any atom is -0.293 e. The van der Waals surface area contributed by atoms with Gasteiger partial charge in [0, 0.05) is 6.92 Å². The molecule has 0 aliphatic carbocycles. The lowest BCUT2D eigenvalue weighted by Gasteiger charge is -2.10. The van der Waals surface area contributed by atoms with Crippen molar-refractivity contribution in [1.29, 1.82) is 0 Å². The Kier molecular flexibility index (Phi) is 4.40. The largest absolute Gasteiger partial charge is 0.418 e. The van der Waals surface area contributed by atoms with Crippen molar-refractivity contribution >= 4 is 17.2 Å². The molecule has 3 nitrogen and oxygen atoms in total.